The number of hydrogen-bond donors (Lipinski definition) is 28. The molecule has 0 aliphatic carbocycles. The summed E-state index contributed by atoms with van der Waals surface area (Å²) in [5.41, 5.74) is 0. The zero-order chi connectivity index (χ0) is 70.9. The predicted molar refractivity (Wildman–Crippen MR) is 319 cm³/mol. The second kappa shape index (κ2) is 40.2. The van der Waals surface area contributed by atoms with Gasteiger partial charge >= 0.3 is 0 Å². The molecule has 0 spiro atoms. The maximum absolute atomic E-state index is 12.0. The van der Waals surface area contributed by atoms with E-state index in [-0.39, 0.29) is 91.6 Å². The Morgan fingerprint density at radius 2 is 0.276 bits per heavy atom. The molecule has 21 heterocycles. The third kappa shape index (κ3) is 20.3. The first-order chi connectivity index (χ1) is 47.2. The molecule has 35 atom stereocenters. The molecule has 21 aliphatic heterocycles. The number of rotatable bonds is 28. The predicted octanol–water partition coefficient (Wildman–Crippen LogP) is -18.1. The van der Waals surface area contributed by atoms with Gasteiger partial charge in [-0.15, -0.1) is 0 Å². The van der Waals surface area contributed by atoms with Crippen LogP contribution in [-0.2, 0) is 66.3 Å². The molecule has 21 aliphatic rings. The van der Waals surface area contributed by atoms with Crippen molar-refractivity contribution >= 4 is 0 Å². The SMILES string of the molecule is OCCNC[C@H]1O[C@@H]2O[C@H]3[C@H](O)[C@@H](O)[C@@H](O[C@H]4[C@H](O)[C@@H](O)[C@@H](O[C@H]5[C@H](O)[C@@H](O)[C@@H](O[C@H]6[C@H](O)[C@@H](O)[C@@H](O[C@H]7[C@H](O)[C@@H](O)[C@@H](O[C@H]8[C@H](O)[C@@H](O)[C@@H](O[C@H]1[C@H](O)[C@H]2O)O[C@@H]8CNCCO)O[C@@H]7CNCCO)O[C@@H]6CNCCO)O[C@@H]5CNCCO)O[C@@H]4CNCCO)O[C@@H]3CNCCO. The topological polar surface area (TPSA) is 638 Å². The molecule has 0 aromatic rings. The van der Waals surface area contributed by atoms with E-state index < -0.39 is 261 Å². The Bertz CT molecular complexity index is 1830. The molecule has 42 nitrogen and oxygen atoms in total. The lowest BCUT2D eigenvalue weighted by molar-refractivity contribution is -0.392. The van der Waals surface area contributed by atoms with Crippen molar-refractivity contribution in [3.63, 3.8) is 0 Å². The summed E-state index contributed by atoms with van der Waals surface area (Å²) in [6.07, 6.45) is -65.7. The first-order valence-corrected chi connectivity index (χ1v) is 33.1. The summed E-state index contributed by atoms with van der Waals surface area (Å²) in [5, 5.41) is 255. The number of aliphatic hydroxyl groups is 21. The van der Waals surface area contributed by atoms with E-state index in [0.29, 0.717) is 0 Å². The standard InChI is InChI=1S/C56H105N7O35/c64-8-1-57-15-22-43-29(71)36(78)50(85-22)93-44-23(16-58-2-9-65)87-52(38(80)31(44)73)95-46-25(18-60-4-11-67)89-54(40(82)33(46)75)97-48-27(20-62-6-13-69)91-56(42(84)35(48)77)98-49-28(21-63-7-14-70)90-55(41(83)34(49)76)96-47-26(19-61-5-12-68)88-53(39(81)32(47)74)94-45-24(17-59-3-10-66)86-51(92-43)37(79)30(45)72/h22-84H,1-21H2/t22-,23-,24-,25-,26-,27-,28-,29-,30-,31-,32-,33-,34-,35-,36-,37-,38-,39-,40-,41-,42-,43-,44-,45-,46-,47-,48-,49-,50-,51-,52-,53-,54-,55-,56-/m1/s1. The summed E-state index contributed by atoms with van der Waals surface area (Å²) >= 11 is 0. The Kier molecular flexibility index (Phi) is 33.6. The highest BCUT2D eigenvalue weighted by Gasteiger charge is 2.60. The molecule has 0 unspecified atom stereocenters. The average molecular weight is 1440 g/mol. The van der Waals surface area contributed by atoms with Gasteiger partial charge in [0.1, 0.15) is 171 Å². The zero-order valence-electron chi connectivity index (χ0n) is 53.7. The van der Waals surface area contributed by atoms with E-state index in [0.717, 1.165) is 0 Å². The highest BCUT2D eigenvalue weighted by Crippen LogP contribution is 2.39. The fraction of sp³-hybridized carbons (Fsp3) is 1.00. The van der Waals surface area contributed by atoms with Crippen LogP contribution in [0.25, 0.3) is 0 Å². The highest BCUT2D eigenvalue weighted by molar-refractivity contribution is 5.03. The van der Waals surface area contributed by atoms with Gasteiger partial charge in [-0.3, -0.25) is 0 Å². The quantitative estimate of drug-likeness (QED) is 0.0324. The van der Waals surface area contributed by atoms with Crippen LogP contribution in [-0.4, -0.2) is 460 Å². The van der Waals surface area contributed by atoms with E-state index >= 15 is 0 Å². The molecule has 28 N–H and O–H groups in total. The van der Waals surface area contributed by atoms with E-state index in [9.17, 15) is 107 Å². The second-order valence-corrected chi connectivity index (χ2v) is 24.9. The van der Waals surface area contributed by atoms with Gasteiger partial charge in [0.25, 0.3) is 0 Å². The molecule has 14 bridgehead atoms. The van der Waals surface area contributed by atoms with Crippen molar-refractivity contribution in [3.8, 4) is 0 Å². The van der Waals surface area contributed by atoms with Crippen LogP contribution >= 0.6 is 0 Å². The van der Waals surface area contributed by atoms with Gasteiger partial charge in [0.15, 0.2) is 44.0 Å². The van der Waals surface area contributed by atoms with Crippen LogP contribution in [0.1, 0.15) is 0 Å². The molecular weight excluding hydrogens is 1330 g/mol. The van der Waals surface area contributed by atoms with Gasteiger partial charge in [0.2, 0.25) is 0 Å². The van der Waals surface area contributed by atoms with Gasteiger partial charge in [0.05, 0.1) is 46.2 Å². The van der Waals surface area contributed by atoms with Crippen molar-refractivity contribution in [1.82, 2.24) is 37.2 Å². The van der Waals surface area contributed by atoms with Crippen molar-refractivity contribution in [2.75, 3.05) is 138 Å². The molecule has 21 rings (SSSR count). The van der Waals surface area contributed by atoms with Gasteiger partial charge in [-0.1, -0.05) is 0 Å². The molecule has 0 saturated carbocycles. The first kappa shape index (κ1) is 82.0. The van der Waals surface area contributed by atoms with Gasteiger partial charge in [-0.25, -0.2) is 0 Å². The monoisotopic (exact) mass is 1440 g/mol. The first-order valence-electron chi connectivity index (χ1n) is 33.1. The Morgan fingerprint density at radius 1 is 0.163 bits per heavy atom. The Balaban J connectivity index is 1.17. The maximum Gasteiger partial charge on any atom is 0.187 e. The van der Waals surface area contributed by atoms with Crippen LogP contribution in [0.3, 0.4) is 0 Å². The van der Waals surface area contributed by atoms with Gasteiger partial charge in [0, 0.05) is 91.6 Å². The van der Waals surface area contributed by atoms with Crippen LogP contribution in [0.2, 0.25) is 0 Å². The van der Waals surface area contributed by atoms with E-state index in [2.05, 4.69) is 37.2 Å². The van der Waals surface area contributed by atoms with Crippen LogP contribution < -0.4 is 37.2 Å². The molecular formula is C56H105N7O35. The minimum absolute atomic E-state index is 0.0805. The lowest BCUT2D eigenvalue weighted by atomic mass is 9.94. The van der Waals surface area contributed by atoms with Crippen molar-refractivity contribution in [2.45, 2.75) is 215 Å². The van der Waals surface area contributed by atoms with E-state index in [1.807, 2.05) is 0 Å². The minimum atomic E-state index is -2.14. The number of aliphatic hydroxyl groups excluding tert-OH is 21. The van der Waals surface area contributed by atoms with Crippen molar-refractivity contribution in [2.24, 2.45) is 0 Å². The van der Waals surface area contributed by atoms with Gasteiger partial charge < -0.3 is 211 Å². The molecule has 21 fully saturated rings. The second-order valence-electron chi connectivity index (χ2n) is 24.9. The minimum Gasteiger partial charge on any atom is -0.395 e. The molecule has 0 aromatic heterocycles. The normalized spacial score (nSPS) is 46.1. The molecule has 0 aromatic carbocycles. The molecule has 0 amide bonds. The lowest BCUT2D eigenvalue weighted by Crippen LogP contribution is -2.69. The molecule has 0 radical (unpaired) electrons. The maximum atomic E-state index is 12.0. The zero-order valence-corrected chi connectivity index (χ0v) is 53.7. The van der Waals surface area contributed by atoms with Crippen LogP contribution in [0.4, 0.5) is 0 Å². The van der Waals surface area contributed by atoms with Gasteiger partial charge in [-0.05, 0) is 0 Å². The Labute approximate surface area is 562 Å². The number of ether oxygens (including phenoxy) is 14. The lowest BCUT2D eigenvalue weighted by Gasteiger charge is -2.50. The van der Waals surface area contributed by atoms with Crippen molar-refractivity contribution in [1.29, 1.82) is 0 Å². The Hall–Kier alpha value is -1.68. The highest BCUT2D eigenvalue weighted by atomic mass is 16.8. The number of nitrogens with one attached hydrogen (secondary N) is 7. The summed E-state index contributed by atoms with van der Waals surface area (Å²) in [5.74, 6) is 0. The summed E-state index contributed by atoms with van der Waals surface area (Å²) < 4.78 is 86.8. The number of hydrogen-bond acceptors (Lipinski definition) is 42. The molecule has 42 heteroatoms. The van der Waals surface area contributed by atoms with Gasteiger partial charge in [-0.2, -0.15) is 0 Å². The summed E-state index contributed by atoms with van der Waals surface area (Å²) in [6.45, 7) is -5.74. The molecule has 98 heavy (non-hydrogen) atoms. The van der Waals surface area contributed by atoms with E-state index in [1.54, 1.807) is 0 Å². The fourth-order valence-corrected chi connectivity index (χ4v) is 12.8. The third-order valence-corrected chi connectivity index (χ3v) is 18.0. The van der Waals surface area contributed by atoms with Crippen LogP contribution in [0, 0.1) is 0 Å². The summed E-state index contributed by atoms with van der Waals surface area (Å²) in [6, 6.07) is 0. The van der Waals surface area contributed by atoms with Crippen LogP contribution in [0.15, 0.2) is 0 Å². The van der Waals surface area contributed by atoms with E-state index in [4.69, 9.17) is 66.3 Å². The van der Waals surface area contributed by atoms with Crippen molar-refractivity contribution in [3.05, 3.63) is 0 Å². The molecule has 21 saturated heterocycles. The van der Waals surface area contributed by atoms with E-state index in [1.165, 1.54) is 0 Å². The van der Waals surface area contributed by atoms with Crippen LogP contribution in [0.5, 0.6) is 0 Å². The fourth-order valence-electron chi connectivity index (χ4n) is 12.8. The molecule has 574 valence electrons. The largest absolute Gasteiger partial charge is 0.395 e. The van der Waals surface area contributed by atoms with Crippen molar-refractivity contribution < 1.29 is 174 Å². The Morgan fingerprint density at radius 3 is 0.378 bits per heavy atom. The summed E-state index contributed by atoms with van der Waals surface area (Å²) in [7, 11) is 0. The average Bonchev–Trinajstić information content (AvgIpc) is 0.779. The third-order valence-electron chi connectivity index (χ3n) is 18.0. The smallest absolute Gasteiger partial charge is 0.187 e. The summed E-state index contributed by atoms with van der Waals surface area (Å²) in [4.78, 5) is 0.